The third-order valence-electron chi connectivity index (χ3n) is 8.18. The van der Waals surface area contributed by atoms with Crippen molar-refractivity contribution in [3.05, 3.63) is 101 Å². The van der Waals surface area contributed by atoms with Crippen molar-refractivity contribution < 1.29 is 4.74 Å². The fourth-order valence-electron chi connectivity index (χ4n) is 6.13. The van der Waals surface area contributed by atoms with Crippen LogP contribution in [0.25, 0.3) is 0 Å². The van der Waals surface area contributed by atoms with Gasteiger partial charge in [-0.3, -0.25) is 0 Å². The Morgan fingerprint density at radius 2 is 1.58 bits per heavy atom. The van der Waals surface area contributed by atoms with Gasteiger partial charge in [-0.05, 0) is 85.8 Å². The molecule has 0 N–H and O–H groups in total. The topological polar surface area (TPSA) is 12.5 Å². The molecular formula is C31H37NO. The van der Waals surface area contributed by atoms with Crippen LogP contribution in [0.4, 0.5) is 5.69 Å². The van der Waals surface area contributed by atoms with Crippen LogP contribution in [0, 0.1) is 12.8 Å². The Morgan fingerprint density at radius 1 is 0.848 bits per heavy atom. The van der Waals surface area contributed by atoms with E-state index in [4.69, 9.17) is 4.74 Å². The van der Waals surface area contributed by atoms with Gasteiger partial charge in [0.15, 0.2) is 0 Å². The molecule has 1 saturated heterocycles. The number of anilines is 1. The molecule has 3 aromatic carbocycles. The van der Waals surface area contributed by atoms with Crippen molar-refractivity contribution >= 4 is 5.69 Å². The molecule has 0 spiro atoms. The van der Waals surface area contributed by atoms with E-state index in [0.29, 0.717) is 23.9 Å². The molecule has 3 atom stereocenters. The predicted molar refractivity (Wildman–Crippen MR) is 138 cm³/mol. The molecule has 0 radical (unpaired) electrons. The number of methoxy groups -OCH3 is 1. The molecule has 3 unspecified atom stereocenters. The van der Waals surface area contributed by atoms with Crippen LogP contribution in [0.5, 0.6) is 0 Å². The molecule has 1 heterocycles. The number of nitrogens with zero attached hydrogens (tertiary/aromatic N) is 1. The molecule has 2 nitrogen and oxygen atoms in total. The lowest BCUT2D eigenvalue weighted by molar-refractivity contribution is 0.0564. The van der Waals surface area contributed by atoms with E-state index >= 15 is 0 Å². The van der Waals surface area contributed by atoms with Crippen molar-refractivity contribution in [2.24, 2.45) is 5.92 Å². The van der Waals surface area contributed by atoms with E-state index in [-0.39, 0.29) is 0 Å². The van der Waals surface area contributed by atoms with Gasteiger partial charge in [-0.2, -0.15) is 0 Å². The van der Waals surface area contributed by atoms with E-state index in [1.807, 2.05) is 7.11 Å². The van der Waals surface area contributed by atoms with Crippen molar-refractivity contribution in [3.63, 3.8) is 0 Å². The molecule has 33 heavy (non-hydrogen) atoms. The summed E-state index contributed by atoms with van der Waals surface area (Å²) < 4.78 is 5.58. The average molecular weight is 440 g/mol. The lowest BCUT2D eigenvalue weighted by Crippen LogP contribution is -2.37. The fraction of sp³-hybridized carbons (Fsp3) is 0.419. The molecule has 3 aromatic rings. The number of benzene rings is 3. The maximum atomic E-state index is 5.58. The molecule has 2 heteroatoms. The quantitative estimate of drug-likeness (QED) is 0.420. The molecule has 1 aliphatic heterocycles. The van der Waals surface area contributed by atoms with E-state index in [1.54, 1.807) is 0 Å². The van der Waals surface area contributed by atoms with Gasteiger partial charge in [0, 0.05) is 31.8 Å². The zero-order valence-corrected chi connectivity index (χ0v) is 20.3. The molecular weight excluding hydrogens is 402 g/mol. The first kappa shape index (κ1) is 22.2. The fourth-order valence-corrected chi connectivity index (χ4v) is 6.13. The summed E-state index contributed by atoms with van der Waals surface area (Å²) in [7, 11) is 1.84. The Labute approximate surface area is 199 Å². The first-order chi connectivity index (χ1) is 16.1. The second-order valence-corrected chi connectivity index (χ2v) is 10.1. The normalized spacial score (nSPS) is 22.1. The summed E-state index contributed by atoms with van der Waals surface area (Å²) in [6.07, 6.45) is 5.15. The van der Waals surface area contributed by atoms with Gasteiger partial charge in [0.1, 0.15) is 0 Å². The minimum absolute atomic E-state index is 0.361. The summed E-state index contributed by atoms with van der Waals surface area (Å²) in [4.78, 5) is 2.55. The van der Waals surface area contributed by atoms with E-state index in [2.05, 4.69) is 91.5 Å². The molecule has 1 fully saturated rings. The van der Waals surface area contributed by atoms with Gasteiger partial charge in [-0.1, -0.05) is 66.2 Å². The number of fused-ring (bicyclic) bond motifs is 1. The van der Waals surface area contributed by atoms with Crippen LogP contribution in [0.15, 0.2) is 72.8 Å². The maximum absolute atomic E-state index is 5.58. The molecule has 0 amide bonds. The van der Waals surface area contributed by atoms with E-state index in [0.717, 1.165) is 13.1 Å². The summed E-state index contributed by atoms with van der Waals surface area (Å²) in [5.41, 5.74) is 8.69. The number of piperidine rings is 1. The average Bonchev–Trinajstić information content (AvgIpc) is 2.88. The standard InChI is InChI=1S/C31H37NO/c1-22-9-15-30-27(21-22)12-16-29(25-7-5-4-6-8-25)31(30)26-10-13-28(14-11-26)32-19-17-24(18-20-32)23(2)33-3/h4-11,13-15,21,23-24,29,31H,12,16-20H2,1-3H3. The minimum atomic E-state index is 0.361. The minimum Gasteiger partial charge on any atom is -0.381 e. The molecule has 0 bridgehead atoms. The van der Waals surface area contributed by atoms with Crippen LogP contribution in [0.2, 0.25) is 0 Å². The highest BCUT2D eigenvalue weighted by atomic mass is 16.5. The Morgan fingerprint density at radius 3 is 2.27 bits per heavy atom. The third kappa shape index (κ3) is 4.59. The third-order valence-corrected chi connectivity index (χ3v) is 8.18. The number of ether oxygens (including phenoxy) is 1. The largest absolute Gasteiger partial charge is 0.381 e. The molecule has 2 aliphatic rings. The van der Waals surface area contributed by atoms with E-state index in [9.17, 15) is 0 Å². The molecule has 0 saturated carbocycles. The van der Waals surface area contributed by atoms with Gasteiger partial charge in [-0.15, -0.1) is 0 Å². The Hall–Kier alpha value is -2.58. The lowest BCUT2D eigenvalue weighted by Gasteiger charge is -2.37. The van der Waals surface area contributed by atoms with E-state index < -0.39 is 0 Å². The Bertz CT molecular complexity index is 1050. The van der Waals surface area contributed by atoms with Crippen LogP contribution in [-0.2, 0) is 11.2 Å². The molecule has 5 rings (SSSR count). The highest BCUT2D eigenvalue weighted by molar-refractivity contribution is 5.52. The van der Waals surface area contributed by atoms with Crippen molar-refractivity contribution in [2.45, 2.75) is 57.5 Å². The summed E-state index contributed by atoms with van der Waals surface area (Å²) in [5.74, 6) is 1.62. The molecule has 1 aliphatic carbocycles. The smallest absolute Gasteiger partial charge is 0.0572 e. The zero-order valence-electron chi connectivity index (χ0n) is 20.3. The highest BCUT2D eigenvalue weighted by Crippen LogP contribution is 2.46. The van der Waals surface area contributed by atoms with E-state index in [1.165, 1.54) is 59.2 Å². The number of hydrogen-bond acceptors (Lipinski definition) is 2. The van der Waals surface area contributed by atoms with Crippen LogP contribution in [-0.4, -0.2) is 26.3 Å². The lowest BCUT2D eigenvalue weighted by atomic mass is 9.69. The van der Waals surface area contributed by atoms with Crippen LogP contribution < -0.4 is 4.90 Å². The van der Waals surface area contributed by atoms with Crippen molar-refractivity contribution in [3.8, 4) is 0 Å². The highest BCUT2D eigenvalue weighted by Gasteiger charge is 2.32. The van der Waals surface area contributed by atoms with Gasteiger partial charge < -0.3 is 9.64 Å². The van der Waals surface area contributed by atoms with Crippen LogP contribution in [0.3, 0.4) is 0 Å². The monoisotopic (exact) mass is 439 g/mol. The number of rotatable bonds is 5. The first-order valence-corrected chi connectivity index (χ1v) is 12.7. The molecule has 172 valence electrons. The van der Waals surface area contributed by atoms with Crippen molar-refractivity contribution in [1.29, 1.82) is 0 Å². The zero-order chi connectivity index (χ0) is 22.8. The second-order valence-electron chi connectivity index (χ2n) is 10.1. The maximum Gasteiger partial charge on any atom is 0.0572 e. The second kappa shape index (κ2) is 9.73. The van der Waals surface area contributed by atoms with Gasteiger partial charge >= 0.3 is 0 Å². The van der Waals surface area contributed by atoms with Crippen LogP contribution in [0.1, 0.15) is 65.8 Å². The van der Waals surface area contributed by atoms with Gasteiger partial charge in [-0.25, -0.2) is 0 Å². The van der Waals surface area contributed by atoms with Gasteiger partial charge in [0.25, 0.3) is 0 Å². The molecule has 0 aromatic heterocycles. The number of aryl methyl sites for hydroxylation is 2. The Kier molecular flexibility index (Phi) is 6.55. The SMILES string of the molecule is COC(C)C1CCN(c2ccc(C3c4ccc(C)cc4CCC3c3ccccc3)cc2)CC1. The summed E-state index contributed by atoms with van der Waals surface area (Å²) in [6, 6.07) is 27.7. The van der Waals surface area contributed by atoms with Crippen molar-refractivity contribution in [2.75, 3.05) is 25.1 Å². The summed E-state index contributed by atoms with van der Waals surface area (Å²) in [5, 5.41) is 0. The van der Waals surface area contributed by atoms with Gasteiger partial charge in [0.2, 0.25) is 0 Å². The van der Waals surface area contributed by atoms with Gasteiger partial charge in [0.05, 0.1) is 6.10 Å². The van der Waals surface area contributed by atoms with Crippen molar-refractivity contribution in [1.82, 2.24) is 0 Å². The Balaban J connectivity index is 1.42. The van der Waals surface area contributed by atoms with Crippen LogP contribution >= 0.6 is 0 Å². The first-order valence-electron chi connectivity index (χ1n) is 12.7. The predicted octanol–water partition coefficient (Wildman–Crippen LogP) is 7.11. The summed E-state index contributed by atoms with van der Waals surface area (Å²) >= 11 is 0. The number of hydrogen-bond donors (Lipinski definition) is 0. The summed E-state index contributed by atoms with van der Waals surface area (Å²) in [6.45, 7) is 6.66.